The molecule has 0 aromatic heterocycles. The first kappa shape index (κ1) is 21.3. The number of rotatable bonds is 5. The molecule has 1 fully saturated rings. The van der Waals surface area contributed by atoms with Crippen molar-refractivity contribution in [2.45, 2.75) is 26.2 Å². The molecule has 3 rings (SSSR count). The van der Waals surface area contributed by atoms with Crippen molar-refractivity contribution in [2.75, 3.05) is 32.2 Å². The lowest BCUT2D eigenvalue weighted by molar-refractivity contribution is -0.384. The minimum absolute atomic E-state index is 0.118. The smallest absolute Gasteiger partial charge is 0.340 e. The molecular formula is C22H24N2O6. The Morgan fingerprint density at radius 2 is 1.60 bits per heavy atom. The summed E-state index contributed by atoms with van der Waals surface area (Å²) in [4.78, 5) is 38.9. The van der Waals surface area contributed by atoms with Crippen LogP contribution in [0.1, 0.15) is 45.5 Å². The minimum atomic E-state index is -0.670. The van der Waals surface area contributed by atoms with Gasteiger partial charge in [0.2, 0.25) is 0 Å². The van der Waals surface area contributed by atoms with Gasteiger partial charge in [-0.15, -0.1) is 0 Å². The van der Waals surface area contributed by atoms with E-state index in [1.165, 1.54) is 26.4 Å². The molecule has 0 aliphatic carbocycles. The van der Waals surface area contributed by atoms with Crippen molar-refractivity contribution in [3.05, 3.63) is 57.1 Å². The maximum Gasteiger partial charge on any atom is 0.340 e. The largest absolute Gasteiger partial charge is 0.465 e. The molecular weight excluding hydrogens is 388 g/mol. The summed E-state index contributed by atoms with van der Waals surface area (Å²) < 4.78 is 10.0. The lowest BCUT2D eigenvalue weighted by Crippen LogP contribution is -2.31. The van der Waals surface area contributed by atoms with Crippen molar-refractivity contribution in [3.63, 3.8) is 0 Å². The molecule has 158 valence electrons. The van der Waals surface area contributed by atoms with E-state index in [9.17, 15) is 19.7 Å². The maximum atomic E-state index is 13.0. The third-order valence-corrected chi connectivity index (χ3v) is 5.35. The summed E-state index contributed by atoms with van der Waals surface area (Å²) in [7, 11) is 2.49. The van der Waals surface area contributed by atoms with Crippen molar-refractivity contribution in [3.8, 4) is 11.1 Å². The third-order valence-electron chi connectivity index (χ3n) is 5.35. The Kier molecular flexibility index (Phi) is 6.34. The zero-order valence-corrected chi connectivity index (χ0v) is 17.3. The normalized spacial score (nSPS) is 13.6. The number of carbonyl (C=O) groups is 2. The van der Waals surface area contributed by atoms with Gasteiger partial charge in [0, 0.05) is 24.7 Å². The molecule has 0 bridgehead atoms. The average Bonchev–Trinajstić information content (AvgIpc) is 2.77. The zero-order chi connectivity index (χ0) is 21.8. The van der Waals surface area contributed by atoms with Gasteiger partial charge in [-0.05, 0) is 43.9 Å². The highest BCUT2D eigenvalue weighted by molar-refractivity contribution is 6.11. The van der Waals surface area contributed by atoms with E-state index in [0.717, 1.165) is 32.4 Å². The van der Waals surface area contributed by atoms with Crippen LogP contribution in [0, 0.1) is 17.0 Å². The van der Waals surface area contributed by atoms with Gasteiger partial charge in [0.15, 0.2) is 0 Å². The van der Waals surface area contributed by atoms with Crippen molar-refractivity contribution in [2.24, 2.45) is 0 Å². The predicted molar refractivity (Wildman–Crippen MR) is 112 cm³/mol. The van der Waals surface area contributed by atoms with E-state index in [-0.39, 0.29) is 27.9 Å². The highest BCUT2D eigenvalue weighted by Gasteiger charge is 2.32. The summed E-state index contributed by atoms with van der Waals surface area (Å²) in [6.07, 6.45) is 3.04. The van der Waals surface area contributed by atoms with E-state index in [0.29, 0.717) is 11.3 Å². The summed E-state index contributed by atoms with van der Waals surface area (Å²) in [6.45, 7) is 3.23. The first-order chi connectivity index (χ1) is 14.4. The molecule has 1 heterocycles. The quantitative estimate of drug-likeness (QED) is 0.413. The van der Waals surface area contributed by atoms with Crippen molar-refractivity contribution in [1.82, 2.24) is 0 Å². The van der Waals surface area contributed by atoms with Crippen LogP contribution < -0.4 is 4.90 Å². The number of esters is 2. The number of anilines is 1. The van der Waals surface area contributed by atoms with Crippen molar-refractivity contribution in [1.29, 1.82) is 0 Å². The second kappa shape index (κ2) is 8.94. The molecule has 0 atom stereocenters. The molecule has 1 saturated heterocycles. The van der Waals surface area contributed by atoms with E-state index in [1.807, 2.05) is 0 Å². The number of piperidine rings is 1. The number of hydrogen-bond acceptors (Lipinski definition) is 7. The molecule has 0 amide bonds. The van der Waals surface area contributed by atoms with Crippen LogP contribution in [0.25, 0.3) is 11.1 Å². The van der Waals surface area contributed by atoms with E-state index in [2.05, 4.69) is 4.90 Å². The number of nitro benzene ring substituents is 1. The second-order valence-electron chi connectivity index (χ2n) is 7.14. The number of ether oxygens (including phenoxy) is 2. The van der Waals surface area contributed by atoms with Crippen LogP contribution in [0.4, 0.5) is 11.4 Å². The topological polar surface area (TPSA) is 99.0 Å². The summed E-state index contributed by atoms with van der Waals surface area (Å²) >= 11 is 0. The summed E-state index contributed by atoms with van der Waals surface area (Å²) in [5, 5.41) is 11.7. The molecule has 0 spiro atoms. The first-order valence-corrected chi connectivity index (χ1v) is 9.73. The molecule has 0 unspecified atom stereocenters. The van der Waals surface area contributed by atoms with Gasteiger partial charge in [-0.25, -0.2) is 9.59 Å². The molecule has 0 radical (unpaired) electrons. The molecule has 1 aliphatic heterocycles. The number of nitro groups is 1. The maximum absolute atomic E-state index is 13.0. The molecule has 0 N–H and O–H groups in total. The fourth-order valence-corrected chi connectivity index (χ4v) is 3.97. The standard InChI is InChI=1S/C22H24N2O6/c1-14-13-17(23-11-7-4-8-12-23)20(22(26)30-3)19(18(14)21(25)29-2)15-9-5-6-10-16(15)24(27)28/h5-6,9-10,13H,4,7-8,11-12H2,1-3H3. The number of para-hydroxylation sites is 1. The Hall–Kier alpha value is -3.42. The number of benzene rings is 2. The molecule has 0 saturated carbocycles. The van der Waals surface area contributed by atoms with Crippen molar-refractivity contribution >= 4 is 23.3 Å². The van der Waals surface area contributed by atoms with Gasteiger partial charge >= 0.3 is 11.9 Å². The van der Waals surface area contributed by atoms with Crippen LogP contribution >= 0.6 is 0 Å². The summed E-state index contributed by atoms with van der Waals surface area (Å²) in [6, 6.07) is 7.82. The van der Waals surface area contributed by atoms with Gasteiger partial charge in [0.1, 0.15) is 0 Å². The Morgan fingerprint density at radius 3 is 2.20 bits per heavy atom. The molecule has 1 aliphatic rings. The third kappa shape index (κ3) is 3.85. The number of aryl methyl sites for hydroxylation is 1. The van der Waals surface area contributed by atoms with Crippen LogP contribution in [0.15, 0.2) is 30.3 Å². The lowest BCUT2D eigenvalue weighted by Gasteiger charge is -2.32. The first-order valence-electron chi connectivity index (χ1n) is 9.73. The van der Waals surface area contributed by atoms with Gasteiger partial charge in [0.05, 0.1) is 41.5 Å². The second-order valence-corrected chi connectivity index (χ2v) is 7.14. The molecule has 8 heteroatoms. The van der Waals surface area contributed by atoms with Crippen LogP contribution in [0.2, 0.25) is 0 Å². The van der Waals surface area contributed by atoms with Crippen LogP contribution in [-0.2, 0) is 9.47 Å². The molecule has 8 nitrogen and oxygen atoms in total. The van der Waals surface area contributed by atoms with Crippen LogP contribution in [0.3, 0.4) is 0 Å². The zero-order valence-electron chi connectivity index (χ0n) is 17.3. The van der Waals surface area contributed by atoms with Crippen molar-refractivity contribution < 1.29 is 24.0 Å². The highest BCUT2D eigenvalue weighted by atomic mass is 16.6. The molecule has 2 aromatic carbocycles. The van der Waals surface area contributed by atoms with Crippen LogP contribution in [-0.4, -0.2) is 44.2 Å². The Balaban J connectivity index is 2.45. The predicted octanol–water partition coefficient (Wildman–Crippen LogP) is 4.13. The summed E-state index contributed by atoms with van der Waals surface area (Å²) in [5.74, 6) is -1.33. The number of hydrogen-bond donors (Lipinski definition) is 0. The van der Waals surface area contributed by atoms with Gasteiger partial charge in [-0.1, -0.05) is 12.1 Å². The van der Waals surface area contributed by atoms with E-state index in [4.69, 9.17) is 9.47 Å². The fraction of sp³-hybridized carbons (Fsp3) is 0.364. The number of carbonyl (C=O) groups excluding carboxylic acids is 2. The minimum Gasteiger partial charge on any atom is -0.465 e. The van der Waals surface area contributed by atoms with E-state index < -0.39 is 16.9 Å². The Bertz CT molecular complexity index is 995. The summed E-state index contributed by atoms with van der Waals surface area (Å²) in [5.41, 5.74) is 1.57. The average molecular weight is 412 g/mol. The lowest BCUT2D eigenvalue weighted by atomic mass is 9.88. The van der Waals surface area contributed by atoms with Gasteiger partial charge in [-0.2, -0.15) is 0 Å². The number of nitrogens with zero attached hydrogens (tertiary/aromatic N) is 2. The SMILES string of the molecule is COC(=O)c1c(C)cc(N2CCCCC2)c(C(=O)OC)c1-c1ccccc1[N+](=O)[O-]. The Morgan fingerprint density at radius 1 is 1.00 bits per heavy atom. The molecule has 2 aromatic rings. The monoisotopic (exact) mass is 412 g/mol. The van der Waals surface area contributed by atoms with E-state index >= 15 is 0 Å². The Labute approximate surface area is 174 Å². The fourth-order valence-electron chi connectivity index (χ4n) is 3.97. The van der Waals surface area contributed by atoms with Gasteiger partial charge in [-0.3, -0.25) is 10.1 Å². The van der Waals surface area contributed by atoms with E-state index in [1.54, 1.807) is 25.1 Å². The number of methoxy groups -OCH3 is 2. The van der Waals surface area contributed by atoms with Gasteiger partial charge < -0.3 is 14.4 Å². The van der Waals surface area contributed by atoms with Crippen LogP contribution in [0.5, 0.6) is 0 Å². The highest BCUT2D eigenvalue weighted by Crippen LogP contribution is 2.42. The van der Waals surface area contributed by atoms with Gasteiger partial charge in [0.25, 0.3) is 5.69 Å². The molecule has 30 heavy (non-hydrogen) atoms.